The van der Waals surface area contributed by atoms with E-state index in [4.69, 9.17) is 4.74 Å². The lowest BCUT2D eigenvalue weighted by Gasteiger charge is -2.35. The summed E-state index contributed by atoms with van der Waals surface area (Å²) in [5.41, 5.74) is 1.36. The van der Waals surface area contributed by atoms with Crippen LogP contribution >= 0.6 is 0 Å². The number of carbonyl (C=O) groups excluding carboxylic acids is 1. The summed E-state index contributed by atoms with van der Waals surface area (Å²) in [5, 5.41) is 11.9. The predicted octanol–water partition coefficient (Wildman–Crippen LogP) is 2.92. The van der Waals surface area contributed by atoms with Crippen LogP contribution in [0.25, 0.3) is 0 Å². The third-order valence-electron chi connectivity index (χ3n) is 5.18. The molecule has 3 rings (SSSR count). The van der Waals surface area contributed by atoms with Crippen LogP contribution in [-0.2, 0) is 22.5 Å². The Morgan fingerprint density at radius 3 is 2.31 bits per heavy atom. The molecule has 1 aromatic carbocycles. The number of hydrogen-bond donors (Lipinski definition) is 2. The first-order chi connectivity index (χ1) is 15.2. The van der Waals surface area contributed by atoms with Crippen molar-refractivity contribution < 1.29 is 19.4 Å². The van der Waals surface area contributed by atoms with Gasteiger partial charge in [-0.3, -0.25) is 4.90 Å². The highest BCUT2D eigenvalue weighted by atomic mass is 16.6. The second-order valence-electron chi connectivity index (χ2n) is 9.01. The Morgan fingerprint density at radius 2 is 1.75 bits per heavy atom. The molecule has 1 aromatic heterocycles. The lowest BCUT2D eigenvalue weighted by Crippen LogP contribution is -2.46. The molecule has 2 heterocycles. The summed E-state index contributed by atoms with van der Waals surface area (Å²) in [6.45, 7) is 9.82. The van der Waals surface area contributed by atoms with Gasteiger partial charge < -0.3 is 20.1 Å². The minimum absolute atomic E-state index is 0.132. The van der Waals surface area contributed by atoms with Crippen molar-refractivity contribution >= 4 is 17.9 Å². The second-order valence-corrected chi connectivity index (χ2v) is 9.01. The minimum atomic E-state index is -1.12. The summed E-state index contributed by atoms with van der Waals surface area (Å²) in [7, 11) is 0. The Kier molecular flexibility index (Phi) is 7.69. The third-order valence-corrected chi connectivity index (χ3v) is 5.18. The van der Waals surface area contributed by atoms with Gasteiger partial charge in [-0.05, 0) is 38.0 Å². The Labute approximate surface area is 189 Å². The molecule has 1 atom stereocenters. The van der Waals surface area contributed by atoms with Crippen LogP contribution in [0.15, 0.2) is 48.7 Å². The summed E-state index contributed by atoms with van der Waals surface area (Å²) in [6, 6.07) is 13.1. The van der Waals surface area contributed by atoms with Gasteiger partial charge in [-0.1, -0.05) is 36.4 Å². The normalized spacial score (nSPS) is 15.8. The number of amides is 1. The molecule has 1 amide bonds. The van der Waals surface area contributed by atoms with Crippen molar-refractivity contribution in [3.05, 3.63) is 59.8 Å². The highest BCUT2D eigenvalue weighted by molar-refractivity contribution is 5.80. The van der Waals surface area contributed by atoms with Crippen molar-refractivity contribution in [3.63, 3.8) is 0 Å². The number of nitrogens with one attached hydrogen (secondary N) is 1. The number of anilines is 1. The van der Waals surface area contributed by atoms with E-state index in [2.05, 4.69) is 44.4 Å². The summed E-state index contributed by atoms with van der Waals surface area (Å²) in [5.74, 6) is -0.241. The molecule has 2 aromatic rings. The molecule has 0 radical (unpaired) electrons. The van der Waals surface area contributed by atoms with Crippen molar-refractivity contribution in [2.75, 3.05) is 31.1 Å². The number of pyridine rings is 1. The van der Waals surface area contributed by atoms with E-state index in [0.29, 0.717) is 0 Å². The van der Waals surface area contributed by atoms with Crippen LogP contribution in [0.1, 0.15) is 31.9 Å². The SMILES string of the molecule is CC(C)(C)OC(=O)NC(Cc1ccc(N2CCN(Cc3ccccc3)CC2)nc1)C(=O)O. The molecule has 0 bridgehead atoms. The van der Waals surface area contributed by atoms with Gasteiger partial charge in [0.25, 0.3) is 0 Å². The van der Waals surface area contributed by atoms with Gasteiger partial charge in [0.05, 0.1) is 0 Å². The van der Waals surface area contributed by atoms with Gasteiger partial charge >= 0.3 is 12.1 Å². The first-order valence-electron chi connectivity index (χ1n) is 10.9. The van der Waals surface area contributed by atoms with Crippen LogP contribution in [0.4, 0.5) is 10.6 Å². The fraction of sp³-hybridized carbons (Fsp3) is 0.458. The first kappa shape index (κ1) is 23.5. The molecule has 32 heavy (non-hydrogen) atoms. The van der Waals surface area contributed by atoms with Crippen molar-refractivity contribution in [2.24, 2.45) is 0 Å². The molecule has 172 valence electrons. The Morgan fingerprint density at radius 1 is 1.06 bits per heavy atom. The molecular weight excluding hydrogens is 408 g/mol. The zero-order chi connectivity index (χ0) is 23.1. The number of piperazine rings is 1. The molecule has 0 saturated carbocycles. The minimum Gasteiger partial charge on any atom is -0.480 e. The molecule has 1 saturated heterocycles. The number of aromatic nitrogens is 1. The fourth-order valence-corrected chi connectivity index (χ4v) is 3.59. The number of benzene rings is 1. The number of carbonyl (C=O) groups is 2. The van der Waals surface area contributed by atoms with E-state index >= 15 is 0 Å². The Bertz CT molecular complexity index is 888. The molecule has 8 heteroatoms. The number of aliphatic carboxylic acids is 1. The molecule has 1 unspecified atom stereocenters. The van der Waals surface area contributed by atoms with E-state index < -0.39 is 23.7 Å². The molecule has 1 aliphatic heterocycles. The van der Waals surface area contributed by atoms with E-state index in [0.717, 1.165) is 44.1 Å². The first-order valence-corrected chi connectivity index (χ1v) is 10.9. The van der Waals surface area contributed by atoms with E-state index in [9.17, 15) is 14.7 Å². The lowest BCUT2D eigenvalue weighted by molar-refractivity contribution is -0.139. The number of carboxylic acid groups (broad SMARTS) is 1. The van der Waals surface area contributed by atoms with Gasteiger partial charge in [0, 0.05) is 45.3 Å². The van der Waals surface area contributed by atoms with Gasteiger partial charge in [0.15, 0.2) is 0 Å². The standard InChI is InChI=1S/C24H32N4O4/c1-24(2,3)32-23(31)26-20(22(29)30)15-19-9-10-21(25-16-19)28-13-11-27(12-14-28)17-18-7-5-4-6-8-18/h4-10,16,20H,11-15,17H2,1-3H3,(H,26,31)(H,29,30). The molecule has 0 aliphatic carbocycles. The topological polar surface area (TPSA) is 95.0 Å². The highest BCUT2D eigenvalue weighted by Gasteiger charge is 2.24. The van der Waals surface area contributed by atoms with Crippen LogP contribution < -0.4 is 10.2 Å². The Hall–Kier alpha value is -3.13. The van der Waals surface area contributed by atoms with E-state index in [-0.39, 0.29) is 6.42 Å². The molecule has 8 nitrogen and oxygen atoms in total. The van der Waals surface area contributed by atoms with E-state index in [1.165, 1.54) is 5.56 Å². The number of carboxylic acids is 1. The fourth-order valence-electron chi connectivity index (χ4n) is 3.59. The molecule has 2 N–H and O–H groups in total. The predicted molar refractivity (Wildman–Crippen MR) is 123 cm³/mol. The van der Waals surface area contributed by atoms with Crippen molar-refractivity contribution in [2.45, 2.75) is 45.4 Å². The number of hydrogen-bond acceptors (Lipinski definition) is 6. The quantitative estimate of drug-likeness (QED) is 0.684. The molecule has 1 aliphatic rings. The van der Waals surface area contributed by atoms with Crippen molar-refractivity contribution in [3.8, 4) is 0 Å². The van der Waals surface area contributed by atoms with Crippen molar-refractivity contribution in [1.82, 2.24) is 15.2 Å². The maximum absolute atomic E-state index is 11.9. The van der Waals surface area contributed by atoms with Gasteiger partial charge in [0.1, 0.15) is 17.5 Å². The van der Waals surface area contributed by atoms with Gasteiger partial charge in [-0.2, -0.15) is 0 Å². The second kappa shape index (κ2) is 10.5. The van der Waals surface area contributed by atoms with Crippen LogP contribution in [0.2, 0.25) is 0 Å². The monoisotopic (exact) mass is 440 g/mol. The summed E-state index contributed by atoms with van der Waals surface area (Å²) >= 11 is 0. The number of alkyl carbamates (subject to hydrolysis) is 1. The third kappa shape index (κ3) is 7.23. The van der Waals surface area contributed by atoms with E-state index in [1.807, 2.05) is 18.2 Å². The zero-order valence-corrected chi connectivity index (χ0v) is 19.0. The lowest BCUT2D eigenvalue weighted by atomic mass is 10.1. The average molecular weight is 441 g/mol. The Balaban J connectivity index is 1.52. The number of ether oxygens (including phenoxy) is 1. The molecule has 0 spiro atoms. The van der Waals surface area contributed by atoms with E-state index in [1.54, 1.807) is 27.0 Å². The average Bonchev–Trinajstić information content (AvgIpc) is 2.74. The van der Waals surface area contributed by atoms with Crippen LogP contribution in [0.5, 0.6) is 0 Å². The zero-order valence-electron chi connectivity index (χ0n) is 19.0. The van der Waals surface area contributed by atoms with Crippen LogP contribution in [-0.4, -0.2) is 64.9 Å². The highest BCUT2D eigenvalue weighted by Crippen LogP contribution is 2.16. The summed E-state index contributed by atoms with van der Waals surface area (Å²) < 4.78 is 5.16. The van der Waals surface area contributed by atoms with Crippen molar-refractivity contribution in [1.29, 1.82) is 0 Å². The largest absolute Gasteiger partial charge is 0.480 e. The van der Waals surface area contributed by atoms with Crippen LogP contribution in [0, 0.1) is 0 Å². The molecular formula is C24H32N4O4. The van der Waals surface area contributed by atoms with Gasteiger partial charge in [-0.15, -0.1) is 0 Å². The van der Waals surface area contributed by atoms with Gasteiger partial charge in [0.2, 0.25) is 0 Å². The number of nitrogens with zero attached hydrogens (tertiary/aromatic N) is 3. The van der Waals surface area contributed by atoms with Crippen LogP contribution in [0.3, 0.4) is 0 Å². The summed E-state index contributed by atoms with van der Waals surface area (Å²) in [4.78, 5) is 32.7. The maximum Gasteiger partial charge on any atom is 0.408 e. The van der Waals surface area contributed by atoms with Gasteiger partial charge in [-0.25, -0.2) is 14.6 Å². The molecule has 1 fully saturated rings. The smallest absolute Gasteiger partial charge is 0.408 e. The maximum atomic E-state index is 11.9. The summed E-state index contributed by atoms with van der Waals surface area (Å²) in [6.07, 6.45) is 1.06. The number of rotatable bonds is 7.